The van der Waals surface area contributed by atoms with Crippen molar-refractivity contribution in [3.63, 3.8) is 0 Å². The van der Waals surface area contributed by atoms with Gasteiger partial charge in [-0.05, 0) is 11.4 Å². The van der Waals surface area contributed by atoms with Crippen LogP contribution in [-0.2, 0) is 0 Å². The molecule has 0 saturated carbocycles. The second-order valence-corrected chi connectivity index (χ2v) is 7.16. The molecule has 0 aromatic carbocycles. The van der Waals surface area contributed by atoms with Gasteiger partial charge in [0.05, 0.1) is 11.4 Å². The maximum atomic E-state index is 12.2. The van der Waals surface area contributed by atoms with Gasteiger partial charge in [0.15, 0.2) is 5.17 Å². The van der Waals surface area contributed by atoms with Crippen molar-refractivity contribution in [2.45, 2.75) is 12.2 Å². The van der Waals surface area contributed by atoms with Crippen molar-refractivity contribution < 1.29 is 4.79 Å². The van der Waals surface area contributed by atoms with Gasteiger partial charge < -0.3 is 9.80 Å². The summed E-state index contributed by atoms with van der Waals surface area (Å²) >= 11 is 3.37. The molecule has 0 bridgehead atoms. The highest BCUT2D eigenvalue weighted by Crippen LogP contribution is 2.24. The zero-order chi connectivity index (χ0) is 13.2. The smallest absolute Gasteiger partial charge is 0.264 e. The van der Waals surface area contributed by atoms with Gasteiger partial charge in [-0.3, -0.25) is 9.79 Å². The van der Waals surface area contributed by atoms with Crippen molar-refractivity contribution in [1.29, 1.82) is 0 Å². The third-order valence-corrected chi connectivity index (χ3v) is 5.37. The number of rotatable bonds is 1. The largest absolute Gasteiger partial charge is 0.348 e. The van der Waals surface area contributed by atoms with E-state index in [1.807, 2.05) is 34.2 Å². The lowest BCUT2D eigenvalue weighted by Gasteiger charge is -2.35. The highest BCUT2D eigenvalue weighted by Gasteiger charge is 2.27. The number of aliphatic imine (C=N–C) groups is 1. The number of thiophene rings is 1. The minimum atomic E-state index is 0.170. The molecule has 2 aliphatic heterocycles. The number of piperazine rings is 1. The molecule has 2 aliphatic rings. The Bertz CT molecular complexity index is 478. The highest BCUT2D eigenvalue weighted by molar-refractivity contribution is 8.14. The SMILES string of the molecule is CC1CN=C(N2CCN(C(=O)c3cccs3)CC2)S1. The molecular weight excluding hydrogens is 278 g/mol. The van der Waals surface area contributed by atoms with Gasteiger partial charge in [-0.1, -0.05) is 24.8 Å². The molecule has 0 spiro atoms. The number of carbonyl (C=O) groups is 1. The minimum absolute atomic E-state index is 0.170. The summed E-state index contributed by atoms with van der Waals surface area (Å²) in [5.74, 6) is 0.170. The second kappa shape index (κ2) is 5.54. The van der Waals surface area contributed by atoms with Gasteiger partial charge >= 0.3 is 0 Å². The topological polar surface area (TPSA) is 35.9 Å². The van der Waals surface area contributed by atoms with E-state index in [9.17, 15) is 4.79 Å². The van der Waals surface area contributed by atoms with E-state index < -0.39 is 0 Å². The molecule has 6 heteroatoms. The molecule has 4 nitrogen and oxygen atoms in total. The second-order valence-electron chi connectivity index (χ2n) is 4.81. The predicted molar refractivity (Wildman–Crippen MR) is 81.2 cm³/mol. The first kappa shape index (κ1) is 13.0. The molecule has 1 fully saturated rings. The monoisotopic (exact) mass is 295 g/mol. The summed E-state index contributed by atoms with van der Waals surface area (Å²) in [6, 6.07) is 3.83. The first-order valence-electron chi connectivity index (χ1n) is 6.53. The lowest BCUT2D eigenvalue weighted by Crippen LogP contribution is -2.49. The van der Waals surface area contributed by atoms with Gasteiger partial charge in [0.2, 0.25) is 0 Å². The Hall–Kier alpha value is -1.01. The fraction of sp³-hybridized carbons (Fsp3) is 0.538. The molecule has 1 aromatic rings. The Morgan fingerprint density at radius 3 is 2.74 bits per heavy atom. The van der Waals surface area contributed by atoms with E-state index in [4.69, 9.17) is 0 Å². The fourth-order valence-corrected chi connectivity index (χ4v) is 3.97. The molecule has 19 heavy (non-hydrogen) atoms. The van der Waals surface area contributed by atoms with Crippen molar-refractivity contribution >= 4 is 34.2 Å². The summed E-state index contributed by atoms with van der Waals surface area (Å²) in [6.45, 7) is 6.52. The van der Waals surface area contributed by atoms with Gasteiger partial charge in [0.1, 0.15) is 0 Å². The van der Waals surface area contributed by atoms with Crippen LogP contribution in [0.2, 0.25) is 0 Å². The van der Waals surface area contributed by atoms with Crippen LogP contribution >= 0.6 is 23.1 Å². The maximum absolute atomic E-state index is 12.2. The average molecular weight is 295 g/mol. The number of hydrogen-bond donors (Lipinski definition) is 0. The quantitative estimate of drug-likeness (QED) is 0.795. The molecular formula is C13H17N3OS2. The van der Waals surface area contributed by atoms with Crippen molar-refractivity contribution in [2.75, 3.05) is 32.7 Å². The van der Waals surface area contributed by atoms with Crippen LogP contribution in [0.3, 0.4) is 0 Å². The number of amides is 1. The van der Waals surface area contributed by atoms with Crippen molar-refractivity contribution in [2.24, 2.45) is 4.99 Å². The Morgan fingerprint density at radius 1 is 1.37 bits per heavy atom. The number of carbonyl (C=O) groups excluding carboxylic acids is 1. The summed E-state index contributed by atoms with van der Waals surface area (Å²) in [4.78, 5) is 21.9. The molecule has 1 atom stereocenters. The lowest BCUT2D eigenvalue weighted by molar-refractivity contribution is 0.0698. The molecule has 1 saturated heterocycles. The molecule has 1 unspecified atom stereocenters. The van der Waals surface area contributed by atoms with E-state index in [-0.39, 0.29) is 5.91 Å². The first-order chi connectivity index (χ1) is 9.24. The Kier molecular flexibility index (Phi) is 3.79. The van der Waals surface area contributed by atoms with Crippen molar-refractivity contribution in [1.82, 2.24) is 9.80 Å². The normalized spacial score (nSPS) is 23.6. The molecule has 1 amide bonds. The van der Waals surface area contributed by atoms with Gasteiger partial charge in [-0.2, -0.15) is 0 Å². The van der Waals surface area contributed by atoms with E-state index in [0.717, 1.165) is 42.8 Å². The van der Waals surface area contributed by atoms with E-state index in [0.29, 0.717) is 5.25 Å². The summed E-state index contributed by atoms with van der Waals surface area (Å²) in [7, 11) is 0. The van der Waals surface area contributed by atoms with Crippen LogP contribution in [0.4, 0.5) is 0 Å². The molecule has 102 valence electrons. The van der Waals surface area contributed by atoms with Crippen molar-refractivity contribution in [3.8, 4) is 0 Å². The number of thioether (sulfide) groups is 1. The molecule has 0 radical (unpaired) electrons. The van der Waals surface area contributed by atoms with Crippen LogP contribution in [0, 0.1) is 0 Å². The molecule has 0 N–H and O–H groups in total. The molecule has 3 heterocycles. The average Bonchev–Trinajstić information content (AvgIpc) is 3.09. The number of amidine groups is 1. The van der Waals surface area contributed by atoms with Crippen molar-refractivity contribution in [3.05, 3.63) is 22.4 Å². The third kappa shape index (κ3) is 2.79. The summed E-state index contributed by atoms with van der Waals surface area (Å²) in [5, 5.41) is 3.71. The maximum Gasteiger partial charge on any atom is 0.264 e. The fourth-order valence-electron chi connectivity index (χ4n) is 2.29. The first-order valence-corrected chi connectivity index (χ1v) is 8.29. The van der Waals surface area contributed by atoms with Gasteiger partial charge in [-0.15, -0.1) is 11.3 Å². The van der Waals surface area contributed by atoms with Gasteiger partial charge in [0, 0.05) is 31.4 Å². The zero-order valence-corrected chi connectivity index (χ0v) is 12.5. The molecule has 0 aliphatic carbocycles. The van der Waals surface area contributed by atoms with Gasteiger partial charge in [-0.25, -0.2) is 0 Å². The predicted octanol–water partition coefficient (Wildman–Crippen LogP) is 2.00. The van der Waals surface area contributed by atoms with Crippen LogP contribution in [0.1, 0.15) is 16.6 Å². The van der Waals surface area contributed by atoms with E-state index in [1.165, 1.54) is 11.3 Å². The lowest BCUT2D eigenvalue weighted by atomic mass is 10.3. The Labute approximate surface area is 121 Å². The minimum Gasteiger partial charge on any atom is -0.348 e. The van der Waals surface area contributed by atoms with E-state index >= 15 is 0 Å². The van der Waals surface area contributed by atoms with Crippen LogP contribution in [0.25, 0.3) is 0 Å². The number of nitrogens with zero attached hydrogens (tertiary/aromatic N) is 3. The summed E-state index contributed by atoms with van der Waals surface area (Å²) in [5.41, 5.74) is 0. The van der Waals surface area contributed by atoms with Crippen LogP contribution in [0.5, 0.6) is 0 Å². The molecule has 1 aromatic heterocycles. The number of hydrogen-bond acceptors (Lipinski definition) is 5. The molecule has 3 rings (SSSR count). The van der Waals surface area contributed by atoms with Crippen LogP contribution < -0.4 is 0 Å². The summed E-state index contributed by atoms with van der Waals surface area (Å²) < 4.78 is 0. The Balaban J connectivity index is 1.56. The van der Waals surface area contributed by atoms with E-state index in [1.54, 1.807) is 0 Å². The standard InChI is InChI=1S/C13H17N3OS2/c1-10-9-14-13(19-10)16-6-4-15(5-7-16)12(17)11-3-2-8-18-11/h2-3,8,10H,4-7,9H2,1H3. The van der Waals surface area contributed by atoms with Crippen LogP contribution in [0.15, 0.2) is 22.5 Å². The summed E-state index contributed by atoms with van der Waals surface area (Å²) in [6.07, 6.45) is 0. The highest BCUT2D eigenvalue weighted by atomic mass is 32.2. The Morgan fingerprint density at radius 2 is 2.16 bits per heavy atom. The van der Waals surface area contributed by atoms with E-state index in [2.05, 4.69) is 16.8 Å². The van der Waals surface area contributed by atoms with Crippen LogP contribution in [-0.4, -0.2) is 58.8 Å². The van der Waals surface area contributed by atoms with Gasteiger partial charge in [0.25, 0.3) is 5.91 Å². The third-order valence-electron chi connectivity index (χ3n) is 3.36. The zero-order valence-electron chi connectivity index (χ0n) is 10.9.